The van der Waals surface area contributed by atoms with Gasteiger partial charge in [-0.1, -0.05) is 18.2 Å². The fraction of sp³-hybridized carbons (Fsp3) is 0.647. The molecule has 3 aliphatic heterocycles. The molecule has 2 saturated heterocycles. The van der Waals surface area contributed by atoms with Crippen LogP contribution in [0.4, 0.5) is 0 Å². The molecule has 3 atom stereocenters. The molecule has 2 nitrogen and oxygen atoms in total. The van der Waals surface area contributed by atoms with E-state index in [0.717, 1.165) is 17.1 Å². The van der Waals surface area contributed by atoms with Crippen molar-refractivity contribution in [3.8, 4) is 0 Å². The maximum atomic E-state index is 3.58. The van der Waals surface area contributed by atoms with E-state index in [1.165, 1.54) is 37.5 Å². The third-order valence-corrected chi connectivity index (χ3v) is 6.96. The minimum absolute atomic E-state index is 0.365. The molecule has 3 heterocycles. The number of hydrogen-bond acceptors (Lipinski definition) is 3. The number of hydrogen-bond donors (Lipinski definition) is 1. The SMILES string of the molecule is CC1(C)C2CNCC2CN1CC1Cc2ccccc2S1. The van der Waals surface area contributed by atoms with Crippen molar-refractivity contribution in [2.75, 3.05) is 26.2 Å². The molecule has 0 bridgehead atoms. The number of nitrogens with one attached hydrogen (secondary N) is 1. The van der Waals surface area contributed by atoms with Gasteiger partial charge >= 0.3 is 0 Å². The Kier molecular flexibility index (Phi) is 3.13. The van der Waals surface area contributed by atoms with Crippen molar-refractivity contribution in [2.45, 2.75) is 36.0 Å². The molecule has 3 heteroatoms. The Balaban J connectivity index is 1.46. The molecule has 0 radical (unpaired) electrons. The second kappa shape index (κ2) is 4.75. The Morgan fingerprint density at radius 2 is 2.15 bits per heavy atom. The van der Waals surface area contributed by atoms with Crippen molar-refractivity contribution in [3.05, 3.63) is 29.8 Å². The fourth-order valence-corrected chi connectivity index (χ4v) is 5.75. The summed E-state index contributed by atoms with van der Waals surface area (Å²) < 4.78 is 0. The van der Waals surface area contributed by atoms with E-state index in [9.17, 15) is 0 Å². The maximum Gasteiger partial charge on any atom is 0.0263 e. The van der Waals surface area contributed by atoms with E-state index >= 15 is 0 Å². The van der Waals surface area contributed by atoms with Gasteiger partial charge in [0, 0.05) is 35.3 Å². The van der Waals surface area contributed by atoms with Crippen molar-refractivity contribution in [2.24, 2.45) is 11.8 Å². The summed E-state index contributed by atoms with van der Waals surface area (Å²) in [6.07, 6.45) is 1.25. The normalized spacial score (nSPS) is 35.2. The van der Waals surface area contributed by atoms with Gasteiger partial charge in [-0.15, -0.1) is 11.8 Å². The van der Waals surface area contributed by atoms with Crippen LogP contribution in [-0.2, 0) is 6.42 Å². The summed E-state index contributed by atoms with van der Waals surface area (Å²) in [6.45, 7) is 9.89. The number of rotatable bonds is 2. The third-order valence-electron chi connectivity index (χ3n) is 5.65. The average Bonchev–Trinajstić information content (AvgIpc) is 3.07. The van der Waals surface area contributed by atoms with Gasteiger partial charge in [0.1, 0.15) is 0 Å². The molecule has 1 aromatic carbocycles. The molecule has 0 aliphatic carbocycles. The van der Waals surface area contributed by atoms with E-state index in [1.807, 2.05) is 0 Å². The van der Waals surface area contributed by atoms with E-state index < -0.39 is 0 Å². The van der Waals surface area contributed by atoms with Crippen LogP contribution in [0.1, 0.15) is 19.4 Å². The van der Waals surface area contributed by atoms with Crippen molar-refractivity contribution < 1.29 is 0 Å². The lowest BCUT2D eigenvalue weighted by Gasteiger charge is -2.37. The number of thioether (sulfide) groups is 1. The van der Waals surface area contributed by atoms with Gasteiger partial charge < -0.3 is 5.32 Å². The molecule has 0 amide bonds. The zero-order chi connectivity index (χ0) is 13.7. The van der Waals surface area contributed by atoms with Gasteiger partial charge in [-0.05, 0) is 50.3 Å². The highest BCUT2D eigenvalue weighted by Crippen LogP contribution is 2.43. The van der Waals surface area contributed by atoms with Crippen LogP contribution in [0.2, 0.25) is 0 Å². The van der Waals surface area contributed by atoms with E-state index in [1.54, 1.807) is 5.56 Å². The highest BCUT2D eigenvalue weighted by Gasteiger charge is 2.49. The fourth-order valence-electron chi connectivity index (χ4n) is 4.42. The van der Waals surface area contributed by atoms with Crippen molar-refractivity contribution in [1.82, 2.24) is 10.2 Å². The zero-order valence-corrected chi connectivity index (χ0v) is 13.2. The number of likely N-dealkylation sites (tertiary alicyclic amines) is 1. The highest BCUT2D eigenvalue weighted by molar-refractivity contribution is 8.00. The van der Waals surface area contributed by atoms with Crippen LogP contribution >= 0.6 is 11.8 Å². The van der Waals surface area contributed by atoms with Gasteiger partial charge in [-0.25, -0.2) is 0 Å². The lowest BCUT2D eigenvalue weighted by atomic mass is 9.85. The predicted molar refractivity (Wildman–Crippen MR) is 85.3 cm³/mol. The first-order valence-corrected chi connectivity index (χ1v) is 8.73. The molecular weight excluding hydrogens is 264 g/mol. The summed E-state index contributed by atoms with van der Waals surface area (Å²) in [4.78, 5) is 4.28. The summed E-state index contributed by atoms with van der Waals surface area (Å²) in [7, 11) is 0. The Labute approximate surface area is 126 Å². The zero-order valence-electron chi connectivity index (χ0n) is 12.4. The van der Waals surface area contributed by atoms with E-state index in [0.29, 0.717) is 5.54 Å². The molecular formula is C17H24N2S. The van der Waals surface area contributed by atoms with Crippen LogP contribution in [0.5, 0.6) is 0 Å². The lowest BCUT2D eigenvalue weighted by Crippen LogP contribution is -2.46. The molecule has 0 aromatic heterocycles. The van der Waals surface area contributed by atoms with Crippen molar-refractivity contribution in [1.29, 1.82) is 0 Å². The molecule has 0 spiro atoms. The van der Waals surface area contributed by atoms with Gasteiger partial charge in [0.25, 0.3) is 0 Å². The lowest BCUT2D eigenvalue weighted by molar-refractivity contribution is 0.140. The Hall–Kier alpha value is -0.510. The Bertz CT molecular complexity index is 488. The van der Waals surface area contributed by atoms with Gasteiger partial charge in [-0.2, -0.15) is 0 Å². The van der Waals surface area contributed by atoms with E-state index in [2.05, 4.69) is 60.1 Å². The standard InChI is InChI=1S/C17H24N2S/c1-17(2)15-9-18-8-13(15)10-19(17)11-14-7-12-5-3-4-6-16(12)20-14/h3-6,13-15,18H,7-11H2,1-2H3. The van der Waals surface area contributed by atoms with Crippen LogP contribution in [0.15, 0.2) is 29.2 Å². The number of nitrogens with zero attached hydrogens (tertiary/aromatic N) is 1. The summed E-state index contributed by atoms with van der Waals surface area (Å²) in [5.74, 6) is 1.72. The van der Waals surface area contributed by atoms with Crippen LogP contribution in [0, 0.1) is 11.8 Å². The smallest absolute Gasteiger partial charge is 0.0263 e. The monoisotopic (exact) mass is 288 g/mol. The minimum atomic E-state index is 0.365. The average molecular weight is 288 g/mol. The predicted octanol–water partition coefficient (Wildman–Crippen LogP) is 2.63. The molecule has 3 unspecified atom stereocenters. The number of fused-ring (bicyclic) bond motifs is 2. The van der Waals surface area contributed by atoms with Crippen LogP contribution in [-0.4, -0.2) is 41.9 Å². The van der Waals surface area contributed by atoms with Gasteiger partial charge in [-0.3, -0.25) is 4.90 Å². The summed E-state index contributed by atoms with van der Waals surface area (Å²) >= 11 is 2.09. The largest absolute Gasteiger partial charge is 0.316 e. The summed E-state index contributed by atoms with van der Waals surface area (Å²) in [5.41, 5.74) is 1.92. The van der Waals surface area contributed by atoms with E-state index in [4.69, 9.17) is 0 Å². The molecule has 20 heavy (non-hydrogen) atoms. The minimum Gasteiger partial charge on any atom is -0.316 e. The molecule has 3 aliphatic rings. The Morgan fingerprint density at radius 1 is 1.30 bits per heavy atom. The third kappa shape index (κ3) is 2.02. The second-order valence-corrected chi connectivity index (χ2v) is 8.48. The topological polar surface area (TPSA) is 15.3 Å². The summed E-state index contributed by atoms with van der Waals surface area (Å²) in [6, 6.07) is 8.94. The van der Waals surface area contributed by atoms with Gasteiger partial charge in [0.05, 0.1) is 0 Å². The van der Waals surface area contributed by atoms with Gasteiger partial charge in [0.15, 0.2) is 0 Å². The second-order valence-electron chi connectivity index (χ2n) is 7.14. The molecule has 2 fully saturated rings. The first-order valence-electron chi connectivity index (χ1n) is 7.85. The van der Waals surface area contributed by atoms with Crippen LogP contribution < -0.4 is 5.32 Å². The quantitative estimate of drug-likeness (QED) is 0.900. The molecule has 4 rings (SSSR count). The first kappa shape index (κ1) is 13.2. The number of benzene rings is 1. The maximum absolute atomic E-state index is 3.58. The molecule has 0 saturated carbocycles. The molecule has 108 valence electrons. The van der Waals surface area contributed by atoms with Crippen molar-refractivity contribution >= 4 is 11.8 Å². The highest BCUT2D eigenvalue weighted by atomic mass is 32.2. The summed E-state index contributed by atoms with van der Waals surface area (Å²) in [5, 5.41) is 4.32. The first-order chi connectivity index (χ1) is 9.64. The van der Waals surface area contributed by atoms with Crippen LogP contribution in [0.3, 0.4) is 0 Å². The van der Waals surface area contributed by atoms with Crippen molar-refractivity contribution in [3.63, 3.8) is 0 Å². The molecule has 1 N–H and O–H groups in total. The Morgan fingerprint density at radius 3 is 2.95 bits per heavy atom. The van der Waals surface area contributed by atoms with Crippen LogP contribution in [0.25, 0.3) is 0 Å². The van der Waals surface area contributed by atoms with E-state index in [-0.39, 0.29) is 0 Å². The molecule has 1 aromatic rings. The van der Waals surface area contributed by atoms with Gasteiger partial charge in [0.2, 0.25) is 0 Å².